The van der Waals surface area contributed by atoms with Crippen molar-refractivity contribution in [2.75, 3.05) is 12.4 Å². The summed E-state index contributed by atoms with van der Waals surface area (Å²) in [6.45, 7) is 0. The summed E-state index contributed by atoms with van der Waals surface area (Å²) in [6.07, 6.45) is 0. The maximum absolute atomic E-state index is 12.2. The van der Waals surface area contributed by atoms with Gasteiger partial charge in [0.1, 0.15) is 11.5 Å². The first kappa shape index (κ1) is 16.3. The van der Waals surface area contributed by atoms with E-state index < -0.39 is 10.8 Å². The first-order valence-corrected chi connectivity index (χ1v) is 7.37. The normalized spacial score (nSPS) is 10.3. The third kappa shape index (κ3) is 3.66. The Kier molecular flexibility index (Phi) is 4.47. The molecular weight excluding hydrogens is 324 g/mol. The number of furan rings is 1. The number of rotatable bonds is 5. The fourth-order valence-electron chi connectivity index (χ4n) is 2.25. The second-order valence-corrected chi connectivity index (χ2v) is 5.15. The van der Waals surface area contributed by atoms with Gasteiger partial charge in [0.15, 0.2) is 5.76 Å². The van der Waals surface area contributed by atoms with Gasteiger partial charge in [-0.2, -0.15) is 0 Å². The van der Waals surface area contributed by atoms with Gasteiger partial charge in [0, 0.05) is 23.4 Å². The van der Waals surface area contributed by atoms with Gasteiger partial charge in [-0.3, -0.25) is 14.9 Å². The van der Waals surface area contributed by atoms with Gasteiger partial charge in [0.2, 0.25) is 0 Å². The Balaban J connectivity index is 1.77. The molecule has 0 fully saturated rings. The summed E-state index contributed by atoms with van der Waals surface area (Å²) in [4.78, 5) is 22.6. The van der Waals surface area contributed by atoms with Crippen molar-refractivity contribution in [3.05, 3.63) is 76.5 Å². The van der Waals surface area contributed by atoms with Crippen molar-refractivity contribution in [1.82, 2.24) is 0 Å². The molecule has 1 N–H and O–H groups in total. The van der Waals surface area contributed by atoms with E-state index in [0.29, 0.717) is 22.8 Å². The van der Waals surface area contributed by atoms with Crippen molar-refractivity contribution in [1.29, 1.82) is 0 Å². The molecule has 0 aliphatic heterocycles. The molecule has 0 spiro atoms. The van der Waals surface area contributed by atoms with Crippen molar-refractivity contribution >= 4 is 17.3 Å². The number of nitro benzene ring substituents is 1. The van der Waals surface area contributed by atoms with Crippen LogP contribution >= 0.6 is 0 Å². The van der Waals surface area contributed by atoms with Crippen LogP contribution in [0.1, 0.15) is 10.6 Å². The largest absolute Gasteiger partial charge is 0.497 e. The zero-order valence-electron chi connectivity index (χ0n) is 13.3. The molecule has 3 aromatic rings. The predicted molar refractivity (Wildman–Crippen MR) is 91.7 cm³/mol. The topological polar surface area (TPSA) is 94.6 Å². The van der Waals surface area contributed by atoms with E-state index in [4.69, 9.17) is 9.15 Å². The summed E-state index contributed by atoms with van der Waals surface area (Å²) < 4.78 is 10.6. The highest BCUT2D eigenvalue weighted by molar-refractivity contribution is 6.02. The lowest BCUT2D eigenvalue weighted by molar-refractivity contribution is -0.384. The summed E-state index contributed by atoms with van der Waals surface area (Å²) in [6, 6.07) is 16.0. The van der Waals surface area contributed by atoms with Gasteiger partial charge in [0.05, 0.1) is 12.0 Å². The minimum Gasteiger partial charge on any atom is -0.497 e. The number of nitrogens with one attached hydrogen (secondary N) is 1. The van der Waals surface area contributed by atoms with Crippen LogP contribution in [0.3, 0.4) is 0 Å². The first-order valence-electron chi connectivity index (χ1n) is 7.37. The van der Waals surface area contributed by atoms with E-state index >= 15 is 0 Å². The molecule has 0 radical (unpaired) electrons. The SMILES string of the molecule is COc1ccc(NC(=O)c2ccc(-c3cccc([N+](=O)[O-])c3)o2)cc1. The molecule has 126 valence electrons. The fraction of sp³-hybridized carbons (Fsp3) is 0.0556. The van der Waals surface area contributed by atoms with Crippen LogP contribution in [0.2, 0.25) is 0 Å². The minimum atomic E-state index is -0.482. The number of benzene rings is 2. The van der Waals surface area contributed by atoms with Crippen molar-refractivity contribution in [2.24, 2.45) is 0 Å². The Hall–Kier alpha value is -3.61. The Morgan fingerprint density at radius 2 is 1.88 bits per heavy atom. The number of ether oxygens (including phenoxy) is 1. The summed E-state index contributed by atoms with van der Waals surface area (Å²) in [7, 11) is 1.56. The number of nitrogens with zero attached hydrogens (tertiary/aromatic N) is 1. The third-order valence-electron chi connectivity index (χ3n) is 3.52. The molecule has 0 aliphatic carbocycles. The summed E-state index contributed by atoms with van der Waals surface area (Å²) in [5.74, 6) is 0.756. The molecule has 1 heterocycles. The second kappa shape index (κ2) is 6.88. The monoisotopic (exact) mass is 338 g/mol. The molecule has 1 amide bonds. The van der Waals surface area contributed by atoms with Gasteiger partial charge in [-0.25, -0.2) is 0 Å². The van der Waals surface area contributed by atoms with Crippen molar-refractivity contribution in [2.45, 2.75) is 0 Å². The van der Waals surface area contributed by atoms with Gasteiger partial charge in [-0.05, 0) is 36.4 Å². The highest BCUT2D eigenvalue weighted by atomic mass is 16.6. The number of carbonyl (C=O) groups is 1. The zero-order valence-corrected chi connectivity index (χ0v) is 13.3. The smallest absolute Gasteiger partial charge is 0.291 e. The summed E-state index contributed by atoms with van der Waals surface area (Å²) in [5, 5.41) is 13.6. The molecule has 0 saturated carbocycles. The third-order valence-corrected chi connectivity index (χ3v) is 3.52. The molecule has 0 unspecified atom stereocenters. The van der Waals surface area contributed by atoms with Crippen LogP contribution in [0, 0.1) is 10.1 Å². The maximum atomic E-state index is 12.2. The van der Waals surface area contributed by atoms with Crippen LogP contribution in [-0.4, -0.2) is 17.9 Å². The van der Waals surface area contributed by atoms with E-state index in [1.807, 2.05) is 0 Å². The van der Waals surface area contributed by atoms with Crippen LogP contribution in [0.5, 0.6) is 5.75 Å². The molecule has 25 heavy (non-hydrogen) atoms. The van der Waals surface area contributed by atoms with Gasteiger partial charge in [-0.1, -0.05) is 12.1 Å². The van der Waals surface area contributed by atoms with Crippen LogP contribution in [0.25, 0.3) is 11.3 Å². The number of amides is 1. The molecule has 7 heteroatoms. The zero-order chi connectivity index (χ0) is 17.8. The quantitative estimate of drug-likeness (QED) is 0.558. The number of non-ortho nitro benzene ring substituents is 1. The minimum absolute atomic E-state index is 0.0434. The van der Waals surface area contributed by atoms with Crippen LogP contribution in [0.15, 0.2) is 65.1 Å². The highest BCUT2D eigenvalue weighted by Crippen LogP contribution is 2.26. The first-order chi connectivity index (χ1) is 12.1. The molecule has 0 atom stereocenters. The van der Waals surface area contributed by atoms with E-state index in [9.17, 15) is 14.9 Å². The molecule has 0 bridgehead atoms. The standard InChI is InChI=1S/C18H14N2O5/c1-24-15-7-5-13(6-8-15)19-18(21)17-10-9-16(25-17)12-3-2-4-14(11-12)20(22)23/h2-11H,1H3,(H,19,21). The Labute approximate surface area is 143 Å². The molecule has 1 aromatic heterocycles. The van der Waals surface area contributed by atoms with Crippen molar-refractivity contribution < 1.29 is 18.9 Å². The number of carbonyl (C=O) groups excluding carboxylic acids is 1. The Bertz CT molecular complexity index is 915. The van der Waals surface area contributed by atoms with Crippen LogP contribution < -0.4 is 10.1 Å². The van der Waals surface area contributed by atoms with Gasteiger partial charge in [0.25, 0.3) is 11.6 Å². The van der Waals surface area contributed by atoms with E-state index in [1.165, 1.54) is 18.2 Å². The van der Waals surface area contributed by atoms with E-state index in [0.717, 1.165) is 0 Å². The second-order valence-electron chi connectivity index (χ2n) is 5.15. The lowest BCUT2D eigenvalue weighted by atomic mass is 10.1. The number of hydrogen-bond donors (Lipinski definition) is 1. The number of nitro groups is 1. The Morgan fingerprint density at radius 3 is 2.56 bits per heavy atom. The highest BCUT2D eigenvalue weighted by Gasteiger charge is 2.14. The maximum Gasteiger partial charge on any atom is 0.291 e. The molecule has 2 aromatic carbocycles. The number of methoxy groups -OCH3 is 1. The average molecular weight is 338 g/mol. The van der Waals surface area contributed by atoms with Crippen LogP contribution in [0.4, 0.5) is 11.4 Å². The molecular formula is C18H14N2O5. The molecule has 0 saturated heterocycles. The van der Waals surface area contributed by atoms with Crippen molar-refractivity contribution in [3.63, 3.8) is 0 Å². The number of anilines is 1. The molecule has 3 rings (SSSR count). The molecule has 0 aliphatic rings. The fourth-order valence-corrected chi connectivity index (χ4v) is 2.25. The van der Waals surface area contributed by atoms with Gasteiger partial charge >= 0.3 is 0 Å². The van der Waals surface area contributed by atoms with E-state index in [2.05, 4.69) is 5.32 Å². The van der Waals surface area contributed by atoms with Crippen LogP contribution in [-0.2, 0) is 0 Å². The summed E-state index contributed by atoms with van der Waals surface area (Å²) in [5.41, 5.74) is 1.08. The van der Waals surface area contributed by atoms with E-state index in [-0.39, 0.29) is 11.4 Å². The average Bonchev–Trinajstić information content (AvgIpc) is 3.13. The lowest BCUT2D eigenvalue weighted by Crippen LogP contribution is -2.10. The number of hydrogen-bond acceptors (Lipinski definition) is 5. The van der Waals surface area contributed by atoms with Gasteiger partial charge < -0.3 is 14.5 Å². The molecule has 7 nitrogen and oxygen atoms in total. The van der Waals surface area contributed by atoms with Gasteiger partial charge in [-0.15, -0.1) is 0 Å². The van der Waals surface area contributed by atoms with Crippen molar-refractivity contribution in [3.8, 4) is 17.1 Å². The Morgan fingerprint density at radius 1 is 1.12 bits per heavy atom. The lowest BCUT2D eigenvalue weighted by Gasteiger charge is -2.04. The summed E-state index contributed by atoms with van der Waals surface area (Å²) >= 11 is 0. The van der Waals surface area contributed by atoms with E-state index in [1.54, 1.807) is 49.6 Å². The predicted octanol–water partition coefficient (Wildman–Crippen LogP) is 4.12.